The normalized spacial score (nSPS) is 10.1. The van der Waals surface area contributed by atoms with Crippen molar-refractivity contribution in [2.24, 2.45) is 0 Å². The number of hydrogen-bond acceptors (Lipinski definition) is 6. The molecule has 0 aliphatic carbocycles. The predicted octanol–water partition coefficient (Wildman–Crippen LogP) is 3.36. The van der Waals surface area contributed by atoms with Gasteiger partial charge in [0.1, 0.15) is 17.0 Å². The first-order valence-electron chi connectivity index (χ1n) is 7.38. The summed E-state index contributed by atoms with van der Waals surface area (Å²) in [7, 11) is 1.38. The summed E-state index contributed by atoms with van der Waals surface area (Å²) in [5.41, 5.74) is 0.380. The Morgan fingerprint density at radius 3 is 2.65 bits per heavy atom. The molecule has 0 saturated carbocycles. The van der Waals surface area contributed by atoms with Crippen LogP contribution in [0, 0.1) is 17.0 Å². The molecule has 1 N–H and O–H groups in total. The molecule has 2 aromatic carbocycles. The first-order chi connectivity index (χ1) is 12.3. The lowest BCUT2D eigenvalue weighted by Crippen LogP contribution is -2.22. The number of amides is 1. The molecule has 8 nitrogen and oxygen atoms in total. The highest BCUT2D eigenvalue weighted by molar-refractivity contribution is 6.31. The van der Waals surface area contributed by atoms with Gasteiger partial charge in [0.15, 0.2) is 6.61 Å². The number of anilines is 1. The molecule has 136 valence electrons. The van der Waals surface area contributed by atoms with Crippen LogP contribution in [0.5, 0.6) is 5.75 Å². The van der Waals surface area contributed by atoms with E-state index in [4.69, 9.17) is 21.1 Å². The van der Waals surface area contributed by atoms with Crippen molar-refractivity contribution >= 4 is 34.9 Å². The third-order valence-corrected chi connectivity index (χ3v) is 3.66. The van der Waals surface area contributed by atoms with Gasteiger partial charge in [-0.05, 0) is 30.7 Å². The number of benzene rings is 2. The summed E-state index contributed by atoms with van der Waals surface area (Å²) in [5, 5.41) is 13.7. The molecule has 0 heterocycles. The van der Waals surface area contributed by atoms with E-state index in [1.807, 2.05) is 0 Å². The molecule has 0 fully saturated rings. The van der Waals surface area contributed by atoms with Crippen molar-refractivity contribution in [1.82, 2.24) is 0 Å². The Hall–Kier alpha value is -3.13. The number of carbonyl (C=O) groups excluding carboxylic acids is 2. The van der Waals surface area contributed by atoms with Crippen LogP contribution in [0.1, 0.15) is 15.9 Å². The van der Waals surface area contributed by atoms with Crippen molar-refractivity contribution in [2.45, 2.75) is 6.92 Å². The fraction of sp³-hybridized carbons (Fsp3) is 0.176. The van der Waals surface area contributed by atoms with E-state index in [0.29, 0.717) is 10.6 Å². The molecule has 0 aliphatic heterocycles. The van der Waals surface area contributed by atoms with Gasteiger partial charge in [-0.3, -0.25) is 14.9 Å². The summed E-state index contributed by atoms with van der Waals surface area (Å²) in [5.74, 6) is -1.27. The minimum Gasteiger partial charge on any atom is -0.496 e. The Morgan fingerprint density at radius 1 is 1.27 bits per heavy atom. The minimum absolute atomic E-state index is 0.0545. The topological polar surface area (TPSA) is 108 Å². The second-order valence-electron chi connectivity index (χ2n) is 5.20. The SMILES string of the molecule is COc1ccc(Cl)cc1C(=O)OCC(=O)Nc1c(C)cccc1[N+](=O)[O-]. The maximum atomic E-state index is 12.1. The van der Waals surface area contributed by atoms with Crippen LogP contribution in [-0.2, 0) is 9.53 Å². The van der Waals surface area contributed by atoms with Gasteiger partial charge >= 0.3 is 5.97 Å². The fourth-order valence-corrected chi connectivity index (χ4v) is 2.36. The van der Waals surface area contributed by atoms with Crippen LogP contribution >= 0.6 is 11.6 Å². The van der Waals surface area contributed by atoms with Gasteiger partial charge in [0.25, 0.3) is 11.6 Å². The van der Waals surface area contributed by atoms with Gasteiger partial charge in [-0.15, -0.1) is 0 Å². The molecular formula is C17H15ClN2O6. The molecule has 0 spiro atoms. The number of para-hydroxylation sites is 1. The van der Waals surface area contributed by atoms with E-state index in [0.717, 1.165) is 0 Å². The Balaban J connectivity index is 2.07. The van der Waals surface area contributed by atoms with Crippen molar-refractivity contribution in [1.29, 1.82) is 0 Å². The minimum atomic E-state index is -0.807. The zero-order valence-electron chi connectivity index (χ0n) is 13.9. The zero-order valence-corrected chi connectivity index (χ0v) is 14.7. The number of aryl methyl sites for hydroxylation is 1. The molecule has 9 heteroatoms. The Kier molecular flexibility index (Phi) is 6.13. The van der Waals surface area contributed by atoms with Gasteiger partial charge in [0, 0.05) is 11.1 Å². The van der Waals surface area contributed by atoms with Crippen LogP contribution in [0.4, 0.5) is 11.4 Å². The highest BCUT2D eigenvalue weighted by Crippen LogP contribution is 2.27. The molecule has 0 atom stereocenters. The number of carbonyl (C=O) groups is 2. The van der Waals surface area contributed by atoms with Gasteiger partial charge in [-0.2, -0.15) is 0 Å². The number of methoxy groups -OCH3 is 1. The second kappa shape index (κ2) is 8.30. The second-order valence-corrected chi connectivity index (χ2v) is 5.63. The van der Waals surface area contributed by atoms with Gasteiger partial charge < -0.3 is 14.8 Å². The summed E-state index contributed by atoms with van der Waals surface area (Å²) < 4.78 is 9.99. The molecule has 0 bridgehead atoms. The third-order valence-electron chi connectivity index (χ3n) is 3.43. The average molecular weight is 379 g/mol. The van der Waals surface area contributed by atoms with E-state index in [1.54, 1.807) is 19.1 Å². The van der Waals surface area contributed by atoms with E-state index in [9.17, 15) is 19.7 Å². The summed E-state index contributed by atoms with van der Waals surface area (Å²) in [6.45, 7) is 0.992. The molecule has 1 amide bonds. The number of nitro groups is 1. The first kappa shape index (κ1) is 19.2. The van der Waals surface area contributed by atoms with Crippen LogP contribution in [-0.4, -0.2) is 30.5 Å². The molecule has 0 aromatic heterocycles. The number of halogens is 1. The molecule has 0 saturated heterocycles. The Labute approximate surface area is 153 Å². The van der Waals surface area contributed by atoms with E-state index in [1.165, 1.54) is 31.4 Å². The number of nitrogens with one attached hydrogen (secondary N) is 1. The van der Waals surface area contributed by atoms with Crippen molar-refractivity contribution in [3.05, 3.63) is 62.7 Å². The molecular weight excluding hydrogens is 364 g/mol. The van der Waals surface area contributed by atoms with Crippen molar-refractivity contribution in [2.75, 3.05) is 19.0 Å². The quantitative estimate of drug-likeness (QED) is 0.469. The number of ether oxygens (including phenoxy) is 2. The van der Waals surface area contributed by atoms with Crippen molar-refractivity contribution in [3.63, 3.8) is 0 Å². The standard InChI is InChI=1S/C17H15ClN2O6/c1-10-4-3-5-13(20(23)24)16(10)19-15(21)9-26-17(22)12-8-11(18)6-7-14(12)25-2/h3-8H,9H2,1-2H3,(H,19,21). The third kappa shape index (κ3) is 4.48. The highest BCUT2D eigenvalue weighted by atomic mass is 35.5. The number of esters is 1. The Morgan fingerprint density at radius 2 is 2.00 bits per heavy atom. The van der Waals surface area contributed by atoms with Crippen molar-refractivity contribution < 1.29 is 24.0 Å². The van der Waals surface area contributed by atoms with Crippen LogP contribution in [0.25, 0.3) is 0 Å². The fourth-order valence-electron chi connectivity index (χ4n) is 2.19. The lowest BCUT2D eigenvalue weighted by atomic mass is 10.1. The zero-order chi connectivity index (χ0) is 19.3. The van der Waals surface area contributed by atoms with Gasteiger partial charge in [0.05, 0.1) is 12.0 Å². The summed E-state index contributed by atoms with van der Waals surface area (Å²) in [4.78, 5) is 34.6. The van der Waals surface area contributed by atoms with Gasteiger partial charge in [-0.1, -0.05) is 23.7 Å². The molecule has 0 radical (unpaired) electrons. The number of rotatable bonds is 6. The molecule has 0 unspecified atom stereocenters. The lowest BCUT2D eigenvalue weighted by molar-refractivity contribution is -0.384. The van der Waals surface area contributed by atoms with Gasteiger partial charge in [-0.25, -0.2) is 4.79 Å². The highest BCUT2D eigenvalue weighted by Gasteiger charge is 2.20. The molecule has 2 rings (SSSR count). The number of hydrogen-bond donors (Lipinski definition) is 1. The van der Waals surface area contributed by atoms with Crippen LogP contribution in [0.15, 0.2) is 36.4 Å². The summed E-state index contributed by atoms with van der Waals surface area (Å²) in [6, 6.07) is 8.79. The van der Waals surface area contributed by atoms with Crippen LogP contribution in [0.2, 0.25) is 5.02 Å². The average Bonchev–Trinajstić information content (AvgIpc) is 2.61. The van der Waals surface area contributed by atoms with E-state index in [-0.39, 0.29) is 22.7 Å². The van der Waals surface area contributed by atoms with Gasteiger partial charge in [0.2, 0.25) is 0 Å². The maximum absolute atomic E-state index is 12.1. The summed E-state index contributed by atoms with van der Waals surface area (Å²) in [6.07, 6.45) is 0. The summed E-state index contributed by atoms with van der Waals surface area (Å²) >= 11 is 5.85. The number of nitrogens with zero attached hydrogens (tertiary/aromatic N) is 1. The van der Waals surface area contributed by atoms with E-state index in [2.05, 4.69) is 5.32 Å². The monoisotopic (exact) mass is 378 g/mol. The molecule has 26 heavy (non-hydrogen) atoms. The van der Waals surface area contributed by atoms with Crippen LogP contribution < -0.4 is 10.1 Å². The maximum Gasteiger partial charge on any atom is 0.342 e. The van der Waals surface area contributed by atoms with Crippen LogP contribution in [0.3, 0.4) is 0 Å². The molecule has 2 aromatic rings. The number of nitro benzene ring substituents is 1. The van der Waals surface area contributed by atoms with E-state index < -0.39 is 23.4 Å². The first-order valence-corrected chi connectivity index (χ1v) is 7.75. The smallest absolute Gasteiger partial charge is 0.342 e. The molecule has 0 aliphatic rings. The Bertz CT molecular complexity index is 868. The lowest BCUT2D eigenvalue weighted by Gasteiger charge is -2.11. The van der Waals surface area contributed by atoms with E-state index >= 15 is 0 Å². The predicted molar refractivity (Wildman–Crippen MR) is 94.7 cm³/mol. The van der Waals surface area contributed by atoms with Crippen molar-refractivity contribution in [3.8, 4) is 5.75 Å². The largest absolute Gasteiger partial charge is 0.496 e.